The second-order valence-corrected chi connectivity index (χ2v) is 6.02. The summed E-state index contributed by atoms with van der Waals surface area (Å²) >= 11 is 6.05. The van der Waals surface area contributed by atoms with Crippen LogP contribution in [0.4, 0.5) is 11.4 Å². The van der Waals surface area contributed by atoms with E-state index in [9.17, 15) is 14.9 Å². The first-order valence-electron chi connectivity index (χ1n) is 8.00. The molecule has 0 radical (unpaired) electrons. The maximum absolute atomic E-state index is 12.4. The molecular formula is C19H15ClN2O6. The molecule has 0 aliphatic heterocycles. The molecule has 0 aliphatic carbocycles. The molecule has 0 saturated carbocycles. The molecular weight excluding hydrogens is 388 g/mol. The predicted molar refractivity (Wildman–Crippen MR) is 103 cm³/mol. The van der Waals surface area contributed by atoms with Gasteiger partial charge in [-0.15, -0.1) is 0 Å². The van der Waals surface area contributed by atoms with Crippen LogP contribution in [0.25, 0.3) is 11.3 Å². The van der Waals surface area contributed by atoms with Gasteiger partial charge in [-0.3, -0.25) is 14.9 Å². The number of nitrogens with one attached hydrogen (secondary N) is 1. The molecule has 1 N–H and O–H groups in total. The number of nitro benzene ring substituents is 1. The third-order valence-electron chi connectivity index (χ3n) is 3.90. The lowest BCUT2D eigenvalue weighted by molar-refractivity contribution is -0.384. The van der Waals surface area contributed by atoms with Gasteiger partial charge in [0, 0.05) is 11.8 Å². The standard InChI is InChI=1S/C19H15ClN2O6/c1-26-16-6-3-11(9-14(16)20)21-19(23)17-8-7-15(28-17)13-5-4-12(22(24)25)10-18(13)27-2/h3-10H,1-2H3,(H,21,23). The van der Waals surface area contributed by atoms with Crippen molar-refractivity contribution in [2.24, 2.45) is 0 Å². The van der Waals surface area contributed by atoms with E-state index >= 15 is 0 Å². The number of benzene rings is 2. The number of methoxy groups -OCH3 is 2. The highest BCUT2D eigenvalue weighted by Gasteiger charge is 2.18. The number of ether oxygens (including phenoxy) is 2. The van der Waals surface area contributed by atoms with E-state index in [-0.39, 0.29) is 17.2 Å². The van der Waals surface area contributed by atoms with Gasteiger partial charge in [-0.05, 0) is 36.4 Å². The number of nitro groups is 1. The van der Waals surface area contributed by atoms with Crippen molar-refractivity contribution < 1.29 is 23.6 Å². The zero-order chi connectivity index (χ0) is 20.3. The van der Waals surface area contributed by atoms with Crippen LogP contribution in [0.2, 0.25) is 5.02 Å². The highest BCUT2D eigenvalue weighted by molar-refractivity contribution is 6.32. The number of hydrogen-bond acceptors (Lipinski definition) is 6. The lowest BCUT2D eigenvalue weighted by Crippen LogP contribution is -2.10. The molecule has 3 rings (SSSR count). The molecule has 9 heteroatoms. The summed E-state index contributed by atoms with van der Waals surface area (Å²) in [6.07, 6.45) is 0. The van der Waals surface area contributed by atoms with Crippen molar-refractivity contribution in [2.75, 3.05) is 19.5 Å². The smallest absolute Gasteiger partial charge is 0.291 e. The Kier molecular flexibility index (Phi) is 5.51. The van der Waals surface area contributed by atoms with Gasteiger partial charge < -0.3 is 19.2 Å². The zero-order valence-corrected chi connectivity index (χ0v) is 15.6. The minimum atomic E-state index is -0.521. The van der Waals surface area contributed by atoms with Crippen LogP contribution in [0, 0.1) is 10.1 Å². The van der Waals surface area contributed by atoms with Gasteiger partial charge >= 0.3 is 0 Å². The molecule has 0 saturated heterocycles. The molecule has 0 spiro atoms. The predicted octanol–water partition coefficient (Wildman–Crippen LogP) is 4.78. The Labute approximate surface area is 164 Å². The first-order valence-corrected chi connectivity index (χ1v) is 8.38. The van der Waals surface area contributed by atoms with Crippen LogP contribution in [0.1, 0.15) is 10.6 Å². The summed E-state index contributed by atoms with van der Waals surface area (Å²) in [5.74, 6) is 0.669. The van der Waals surface area contributed by atoms with Gasteiger partial charge in [0.1, 0.15) is 17.3 Å². The molecule has 0 unspecified atom stereocenters. The Morgan fingerprint density at radius 1 is 1.07 bits per heavy atom. The van der Waals surface area contributed by atoms with E-state index in [0.717, 1.165) is 0 Å². The van der Waals surface area contributed by atoms with Crippen LogP contribution in [-0.4, -0.2) is 25.1 Å². The molecule has 1 amide bonds. The fraction of sp³-hybridized carbons (Fsp3) is 0.105. The summed E-state index contributed by atoms with van der Waals surface area (Å²) in [7, 11) is 2.89. The van der Waals surface area contributed by atoms with E-state index in [2.05, 4.69) is 5.32 Å². The van der Waals surface area contributed by atoms with Gasteiger partial charge in [0.15, 0.2) is 5.76 Å². The number of furan rings is 1. The molecule has 8 nitrogen and oxygen atoms in total. The molecule has 3 aromatic rings. The molecule has 28 heavy (non-hydrogen) atoms. The molecule has 2 aromatic carbocycles. The van der Waals surface area contributed by atoms with Crippen molar-refractivity contribution in [1.29, 1.82) is 0 Å². The third-order valence-corrected chi connectivity index (χ3v) is 4.20. The number of carbonyl (C=O) groups is 1. The summed E-state index contributed by atoms with van der Waals surface area (Å²) < 4.78 is 15.9. The average Bonchev–Trinajstić information content (AvgIpc) is 3.17. The number of rotatable bonds is 6. The maximum Gasteiger partial charge on any atom is 0.291 e. The van der Waals surface area contributed by atoms with E-state index in [1.165, 1.54) is 38.5 Å². The Bertz CT molecular complexity index is 1050. The summed E-state index contributed by atoms with van der Waals surface area (Å²) in [5.41, 5.74) is 0.850. The van der Waals surface area contributed by atoms with Gasteiger partial charge in [-0.1, -0.05) is 11.6 Å². The normalized spacial score (nSPS) is 10.4. The Morgan fingerprint density at radius 2 is 1.82 bits per heavy atom. The van der Waals surface area contributed by atoms with Crippen molar-refractivity contribution in [1.82, 2.24) is 0 Å². The van der Waals surface area contributed by atoms with E-state index < -0.39 is 10.8 Å². The quantitative estimate of drug-likeness (QED) is 0.470. The Hall–Kier alpha value is -3.52. The topological polar surface area (TPSA) is 104 Å². The van der Waals surface area contributed by atoms with Gasteiger partial charge in [0.25, 0.3) is 11.6 Å². The summed E-state index contributed by atoms with van der Waals surface area (Å²) in [4.78, 5) is 22.8. The molecule has 0 aliphatic rings. The Balaban J connectivity index is 1.83. The van der Waals surface area contributed by atoms with Crippen molar-refractivity contribution in [3.8, 4) is 22.8 Å². The van der Waals surface area contributed by atoms with E-state index in [4.69, 9.17) is 25.5 Å². The maximum atomic E-state index is 12.4. The van der Waals surface area contributed by atoms with Crippen LogP contribution in [-0.2, 0) is 0 Å². The number of nitrogens with zero attached hydrogens (tertiary/aromatic N) is 1. The zero-order valence-electron chi connectivity index (χ0n) is 14.9. The number of non-ortho nitro benzene ring substituents is 1. The van der Waals surface area contributed by atoms with Crippen molar-refractivity contribution >= 4 is 28.9 Å². The summed E-state index contributed by atoms with van der Waals surface area (Å²) in [6, 6.07) is 12.0. The molecule has 0 bridgehead atoms. The first kappa shape index (κ1) is 19.2. The monoisotopic (exact) mass is 402 g/mol. The molecule has 144 valence electrons. The lowest BCUT2D eigenvalue weighted by Gasteiger charge is -2.07. The average molecular weight is 403 g/mol. The first-order chi connectivity index (χ1) is 13.4. The fourth-order valence-corrected chi connectivity index (χ4v) is 2.80. The van der Waals surface area contributed by atoms with Crippen molar-refractivity contribution in [2.45, 2.75) is 0 Å². The third kappa shape index (κ3) is 3.91. The van der Waals surface area contributed by atoms with E-state index in [1.807, 2.05) is 0 Å². The summed E-state index contributed by atoms with van der Waals surface area (Å²) in [6.45, 7) is 0. The largest absolute Gasteiger partial charge is 0.496 e. The van der Waals surface area contributed by atoms with E-state index in [1.54, 1.807) is 24.3 Å². The van der Waals surface area contributed by atoms with Crippen LogP contribution >= 0.6 is 11.6 Å². The van der Waals surface area contributed by atoms with Crippen molar-refractivity contribution in [3.63, 3.8) is 0 Å². The highest BCUT2D eigenvalue weighted by Crippen LogP contribution is 2.34. The second-order valence-electron chi connectivity index (χ2n) is 5.61. The van der Waals surface area contributed by atoms with Gasteiger partial charge in [0.2, 0.25) is 0 Å². The highest BCUT2D eigenvalue weighted by atomic mass is 35.5. The molecule has 1 heterocycles. The van der Waals surface area contributed by atoms with Gasteiger partial charge in [-0.25, -0.2) is 0 Å². The SMILES string of the molecule is COc1ccc(NC(=O)c2ccc(-c3ccc([N+](=O)[O-])cc3OC)o2)cc1Cl. The van der Waals surface area contributed by atoms with Gasteiger partial charge in [-0.2, -0.15) is 0 Å². The number of halogens is 1. The van der Waals surface area contributed by atoms with Crippen LogP contribution in [0.15, 0.2) is 52.9 Å². The van der Waals surface area contributed by atoms with Gasteiger partial charge in [0.05, 0.1) is 35.8 Å². The fourth-order valence-electron chi connectivity index (χ4n) is 2.54. The van der Waals surface area contributed by atoms with Crippen LogP contribution < -0.4 is 14.8 Å². The van der Waals surface area contributed by atoms with Crippen LogP contribution in [0.5, 0.6) is 11.5 Å². The number of anilines is 1. The Morgan fingerprint density at radius 3 is 2.46 bits per heavy atom. The van der Waals surface area contributed by atoms with E-state index in [0.29, 0.717) is 27.8 Å². The minimum Gasteiger partial charge on any atom is -0.496 e. The number of carbonyl (C=O) groups excluding carboxylic acids is 1. The number of amides is 1. The molecule has 1 aromatic heterocycles. The lowest BCUT2D eigenvalue weighted by atomic mass is 10.1. The van der Waals surface area contributed by atoms with Crippen molar-refractivity contribution in [3.05, 3.63) is 69.4 Å². The second kappa shape index (κ2) is 8.01. The summed E-state index contributed by atoms with van der Waals surface area (Å²) in [5, 5.41) is 13.9. The van der Waals surface area contributed by atoms with Crippen LogP contribution in [0.3, 0.4) is 0 Å². The minimum absolute atomic E-state index is 0.0577. The molecule has 0 atom stereocenters. The number of hydrogen-bond donors (Lipinski definition) is 1. The molecule has 0 fully saturated rings.